The highest BCUT2D eigenvalue weighted by molar-refractivity contribution is 7.87. The second kappa shape index (κ2) is 7.81. The molecule has 0 spiro atoms. The Kier molecular flexibility index (Phi) is 6.27. The fourth-order valence-corrected chi connectivity index (χ4v) is 5.19. The van der Waals surface area contributed by atoms with E-state index in [1.54, 1.807) is 16.1 Å². The molecule has 0 aliphatic carbocycles. The van der Waals surface area contributed by atoms with Gasteiger partial charge in [0.05, 0.1) is 6.61 Å². The summed E-state index contributed by atoms with van der Waals surface area (Å²) in [6, 6.07) is -0.113. The molecule has 2 aliphatic heterocycles. The summed E-state index contributed by atoms with van der Waals surface area (Å²) in [4.78, 5) is 13.3. The number of hydrogen-bond donors (Lipinski definition) is 1. The Morgan fingerprint density at radius 1 is 1.17 bits per heavy atom. The molecular weight excluding hydrogens is 318 g/mol. The number of rotatable bonds is 4. The normalized spacial score (nSPS) is 27.9. The van der Waals surface area contributed by atoms with E-state index in [1.165, 1.54) is 0 Å². The summed E-state index contributed by atoms with van der Waals surface area (Å²) in [7, 11) is -3.45. The number of nitrogens with one attached hydrogen (secondary N) is 1. The van der Waals surface area contributed by atoms with E-state index in [2.05, 4.69) is 18.6 Å². The average Bonchev–Trinajstić information content (AvgIpc) is 2.47. The van der Waals surface area contributed by atoms with E-state index in [-0.39, 0.29) is 12.1 Å². The fourth-order valence-electron chi connectivity index (χ4n) is 3.48. The maximum Gasteiger partial charge on any atom is 0.409 e. The van der Waals surface area contributed by atoms with E-state index in [1.807, 2.05) is 0 Å². The maximum absolute atomic E-state index is 12.6. The van der Waals surface area contributed by atoms with Crippen LogP contribution in [0.5, 0.6) is 0 Å². The van der Waals surface area contributed by atoms with Crippen molar-refractivity contribution in [3.8, 4) is 0 Å². The van der Waals surface area contributed by atoms with Crippen molar-refractivity contribution < 1.29 is 17.9 Å². The molecule has 2 rings (SSSR count). The molecule has 2 heterocycles. The van der Waals surface area contributed by atoms with Crippen LogP contribution in [0.2, 0.25) is 0 Å². The number of nitrogens with zero attached hydrogens (tertiary/aromatic N) is 2. The van der Waals surface area contributed by atoms with Crippen LogP contribution in [0.15, 0.2) is 0 Å². The molecule has 0 bridgehead atoms. The fraction of sp³-hybridized carbons (Fsp3) is 0.933. The molecule has 2 fully saturated rings. The zero-order valence-corrected chi connectivity index (χ0v) is 15.1. The van der Waals surface area contributed by atoms with Gasteiger partial charge in [-0.25, -0.2) is 4.79 Å². The molecule has 0 aromatic rings. The summed E-state index contributed by atoms with van der Waals surface area (Å²) >= 11 is 0. The quantitative estimate of drug-likeness (QED) is 0.834. The van der Waals surface area contributed by atoms with Gasteiger partial charge < -0.3 is 9.64 Å². The Balaban J connectivity index is 1.86. The molecule has 1 N–H and O–H groups in total. The third-order valence-electron chi connectivity index (χ3n) is 4.51. The lowest BCUT2D eigenvalue weighted by atomic mass is 9.94. The van der Waals surface area contributed by atoms with E-state index >= 15 is 0 Å². The van der Waals surface area contributed by atoms with E-state index in [4.69, 9.17) is 4.74 Å². The summed E-state index contributed by atoms with van der Waals surface area (Å²) in [6.07, 6.45) is 2.00. The Bertz CT molecular complexity index is 493. The smallest absolute Gasteiger partial charge is 0.409 e. The van der Waals surface area contributed by atoms with Gasteiger partial charge in [-0.2, -0.15) is 17.4 Å². The molecule has 2 saturated heterocycles. The highest BCUT2D eigenvalue weighted by Gasteiger charge is 2.33. The molecule has 1 amide bonds. The van der Waals surface area contributed by atoms with Crippen LogP contribution in [0, 0.1) is 11.8 Å². The third kappa shape index (κ3) is 5.06. The molecule has 8 heteroatoms. The topological polar surface area (TPSA) is 79.0 Å². The first kappa shape index (κ1) is 18.5. The van der Waals surface area contributed by atoms with Gasteiger partial charge in [0.25, 0.3) is 10.2 Å². The summed E-state index contributed by atoms with van der Waals surface area (Å²) < 4.78 is 34.5. The van der Waals surface area contributed by atoms with Crippen molar-refractivity contribution in [2.75, 3.05) is 32.8 Å². The zero-order chi connectivity index (χ0) is 17.0. The lowest BCUT2D eigenvalue weighted by Crippen LogP contribution is -2.53. The summed E-state index contributed by atoms with van der Waals surface area (Å²) in [6.45, 7) is 8.54. The van der Waals surface area contributed by atoms with Crippen LogP contribution in [0.3, 0.4) is 0 Å². The van der Waals surface area contributed by atoms with Crippen molar-refractivity contribution >= 4 is 16.3 Å². The predicted octanol–water partition coefficient (Wildman–Crippen LogP) is 1.42. The van der Waals surface area contributed by atoms with Gasteiger partial charge in [0.1, 0.15) is 0 Å². The first-order chi connectivity index (χ1) is 10.8. The number of piperidine rings is 2. The van der Waals surface area contributed by atoms with Gasteiger partial charge in [-0.05, 0) is 38.0 Å². The summed E-state index contributed by atoms with van der Waals surface area (Å²) in [5, 5.41) is 0. The van der Waals surface area contributed by atoms with Crippen LogP contribution in [0.1, 0.15) is 40.0 Å². The molecule has 0 radical (unpaired) electrons. The van der Waals surface area contributed by atoms with Crippen LogP contribution >= 0.6 is 0 Å². The lowest BCUT2D eigenvalue weighted by molar-refractivity contribution is 0.0963. The standard InChI is InChI=1S/C15H29N3O4S/c1-4-22-15(19)17-7-5-14(6-8-17)16-23(20,21)18-10-12(2)9-13(3)11-18/h12-14,16H,4-11H2,1-3H3. The van der Waals surface area contributed by atoms with Crippen LogP contribution in [-0.2, 0) is 14.9 Å². The van der Waals surface area contributed by atoms with Gasteiger partial charge in [0, 0.05) is 32.2 Å². The van der Waals surface area contributed by atoms with Gasteiger partial charge in [-0.3, -0.25) is 0 Å². The summed E-state index contributed by atoms with van der Waals surface area (Å²) in [5.74, 6) is 0.780. The minimum absolute atomic E-state index is 0.113. The molecule has 2 aliphatic rings. The van der Waals surface area contributed by atoms with Gasteiger partial charge in [-0.15, -0.1) is 0 Å². The van der Waals surface area contributed by atoms with Gasteiger partial charge in [-0.1, -0.05) is 13.8 Å². The molecular formula is C15H29N3O4S. The van der Waals surface area contributed by atoms with Crippen molar-refractivity contribution in [3.05, 3.63) is 0 Å². The Hall–Kier alpha value is -0.860. The Morgan fingerprint density at radius 2 is 1.74 bits per heavy atom. The van der Waals surface area contributed by atoms with Crippen LogP contribution in [0.4, 0.5) is 4.79 Å². The zero-order valence-electron chi connectivity index (χ0n) is 14.3. The first-order valence-corrected chi connectivity index (χ1v) is 9.95. The van der Waals surface area contributed by atoms with E-state index in [0.717, 1.165) is 6.42 Å². The monoisotopic (exact) mass is 347 g/mol. The molecule has 0 saturated carbocycles. The highest BCUT2D eigenvalue weighted by atomic mass is 32.2. The molecule has 134 valence electrons. The van der Waals surface area contributed by atoms with Crippen molar-refractivity contribution in [1.82, 2.24) is 13.9 Å². The number of ether oxygens (including phenoxy) is 1. The molecule has 7 nitrogen and oxygen atoms in total. The number of hydrogen-bond acceptors (Lipinski definition) is 4. The van der Waals surface area contributed by atoms with E-state index in [9.17, 15) is 13.2 Å². The van der Waals surface area contributed by atoms with Crippen molar-refractivity contribution in [1.29, 1.82) is 0 Å². The van der Waals surface area contributed by atoms with Gasteiger partial charge in [0.15, 0.2) is 0 Å². The SMILES string of the molecule is CCOC(=O)N1CCC(NS(=O)(=O)N2CC(C)CC(C)C2)CC1. The Labute approximate surface area is 139 Å². The van der Waals surface area contributed by atoms with Crippen LogP contribution in [0.25, 0.3) is 0 Å². The average molecular weight is 347 g/mol. The predicted molar refractivity (Wildman–Crippen MR) is 88.2 cm³/mol. The summed E-state index contributed by atoms with van der Waals surface area (Å²) in [5.41, 5.74) is 0. The minimum atomic E-state index is -3.45. The molecule has 23 heavy (non-hydrogen) atoms. The molecule has 0 aromatic heterocycles. The molecule has 0 aromatic carbocycles. The maximum atomic E-state index is 12.6. The van der Waals surface area contributed by atoms with Gasteiger partial charge in [0.2, 0.25) is 0 Å². The number of likely N-dealkylation sites (tertiary alicyclic amines) is 1. The Morgan fingerprint density at radius 3 is 2.26 bits per heavy atom. The lowest BCUT2D eigenvalue weighted by Gasteiger charge is -2.36. The van der Waals surface area contributed by atoms with E-state index in [0.29, 0.717) is 57.5 Å². The number of carbonyl (C=O) groups is 1. The second-order valence-electron chi connectivity index (χ2n) is 6.85. The molecule has 2 unspecified atom stereocenters. The minimum Gasteiger partial charge on any atom is -0.450 e. The van der Waals surface area contributed by atoms with E-state index < -0.39 is 10.2 Å². The number of carbonyl (C=O) groups excluding carboxylic acids is 1. The molecule has 2 atom stereocenters. The largest absolute Gasteiger partial charge is 0.450 e. The third-order valence-corrected chi connectivity index (χ3v) is 6.12. The van der Waals surface area contributed by atoms with Crippen molar-refractivity contribution in [2.24, 2.45) is 11.8 Å². The van der Waals surface area contributed by atoms with Crippen LogP contribution < -0.4 is 4.72 Å². The highest BCUT2D eigenvalue weighted by Crippen LogP contribution is 2.23. The van der Waals surface area contributed by atoms with Crippen LogP contribution in [-0.4, -0.2) is 62.5 Å². The first-order valence-electron chi connectivity index (χ1n) is 8.51. The second-order valence-corrected chi connectivity index (χ2v) is 8.55. The van der Waals surface area contributed by atoms with Crippen molar-refractivity contribution in [3.63, 3.8) is 0 Å². The van der Waals surface area contributed by atoms with Gasteiger partial charge >= 0.3 is 6.09 Å². The van der Waals surface area contributed by atoms with Crippen molar-refractivity contribution in [2.45, 2.75) is 46.1 Å². The number of amides is 1.